The molecular weight excluding hydrogens is 128 g/mol. The van der Waals surface area contributed by atoms with Crippen LogP contribution in [0, 0.1) is 0 Å². The summed E-state index contributed by atoms with van der Waals surface area (Å²) >= 11 is 0. The Bertz CT molecular complexity index is 112. The number of carbonyl (C=O) groups is 1. The number of amides is 1. The molecule has 0 fully saturated rings. The lowest BCUT2D eigenvalue weighted by Gasteiger charge is -2.20. The van der Waals surface area contributed by atoms with Crippen LogP contribution in [0.15, 0.2) is 0 Å². The molecule has 0 heterocycles. The fourth-order valence-electron chi connectivity index (χ4n) is 0.952. The van der Waals surface area contributed by atoms with E-state index in [9.17, 15) is 4.79 Å². The Hall–Kier alpha value is -0.570. The van der Waals surface area contributed by atoms with Gasteiger partial charge in [0, 0.05) is 7.05 Å². The molecule has 0 aliphatic heterocycles. The molecule has 0 aromatic heterocycles. The van der Waals surface area contributed by atoms with Crippen LogP contribution in [0.1, 0.15) is 13.3 Å². The van der Waals surface area contributed by atoms with Crippen LogP contribution in [-0.2, 0) is 4.79 Å². The van der Waals surface area contributed by atoms with Gasteiger partial charge in [-0.25, -0.2) is 0 Å². The van der Waals surface area contributed by atoms with Crippen molar-refractivity contribution in [3.05, 3.63) is 0 Å². The Labute approximate surface area is 62.4 Å². The van der Waals surface area contributed by atoms with Gasteiger partial charge in [0.2, 0.25) is 5.91 Å². The Kier molecular flexibility index (Phi) is 4.03. The maximum Gasteiger partial charge on any atom is 0.237 e. The lowest BCUT2D eigenvalue weighted by Crippen LogP contribution is -2.41. The number of hydrogen-bond acceptors (Lipinski definition) is 2. The first kappa shape index (κ1) is 9.43. The Morgan fingerprint density at radius 3 is 2.20 bits per heavy atom. The van der Waals surface area contributed by atoms with Crippen LogP contribution in [0.25, 0.3) is 0 Å². The molecule has 10 heavy (non-hydrogen) atoms. The molecule has 0 radical (unpaired) electrons. The number of nitrogens with zero attached hydrogens (tertiary/aromatic N) is 1. The van der Waals surface area contributed by atoms with Gasteiger partial charge in [0.05, 0.1) is 6.04 Å². The van der Waals surface area contributed by atoms with Crippen molar-refractivity contribution >= 4 is 5.91 Å². The van der Waals surface area contributed by atoms with E-state index in [0.717, 1.165) is 6.42 Å². The highest BCUT2D eigenvalue weighted by Gasteiger charge is 2.15. The predicted molar refractivity (Wildman–Crippen MR) is 41.8 cm³/mol. The summed E-state index contributed by atoms with van der Waals surface area (Å²) in [4.78, 5) is 12.9. The third-order valence-electron chi connectivity index (χ3n) is 1.56. The van der Waals surface area contributed by atoms with Crippen LogP contribution in [-0.4, -0.2) is 38.0 Å². The van der Waals surface area contributed by atoms with E-state index in [-0.39, 0.29) is 11.9 Å². The number of carbonyl (C=O) groups excluding carboxylic acids is 1. The second kappa shape index (κ2) is 4.28. The summed E-state index contributed by atoms with van der Waals surface area (Å²) in [7, 11) is 5.47. The van der Waals surface area contributed by atoms with Gasteiger partial charge in [-0.1, -0.05) is 6.92 Å². The molecule has 0 aromatic carbocycles. The molecule has 0 rings (SSSR count). The predicted octanol–water partition coefficient (Wildman–Crippen LogP) is 0.0726. The van der Waals surface area contributed by atoms with E-state index in [1.54, 1.807) is 7.05 Å². The highest BCUT2D eigenvalue weighted by Crippen LogP contribution is 1.97. The van der Waals surface area contributed by atoms with E-state index in [0.29, 0.717) is 0 Å². The molecule has 0 unspecified atom stereocenters. The van der Waals surface area contributed by atoms with Gasteiger partial charge in [0.25, 0.3) is 0 Å². The molecular formula is C7H16N2O. The molecule has 60 valence electrons. The van der Waals surface area contributed by atoms with Crippen LogP contribution in [0.3, 0.4) is 0 Å². The van der Waals surface area contributed by atoms with E-state index >= 15 is 0 Å². The molecule has 0 saturated heterocycles. The van der Waals surface area contributed by atoms with Crippen LogP contribution < -0.4 is 5.32 Å². The van der Waals surface area contributed by atoms with Crippen molar-refractivity contribution in [1.82, 2.24) is 10.2 Å². The van der Waals surface area contributed by atoms with Crippen LogP contribution in [0.2, 0.25) is 0 Å². The fourth-order valence-corrected chi connectivity index (χ4v) is 0.952. The van der Waals surface area contributed by atoms with E-state index < -0.39 is 0 Å². The zero-order valence-electron chi connectivity index (χ0n) is 7.14. The molecule has 0 aliphatic rings. The van der Waals surface area contributed by atoms with E-state index in [1.807, 2.05) is 25.9 Å². The van der Waals surface area contributed by atoms with Gasteiger partial charge in [-0.15, -0.1) is 0 Å². The summed E-state index contributed by atoms with van der Waals surface area (Å²) in [6, 6.07) is 0.0185. The second-order valence-corrected chi connectivity index (χ2v) is 2.50. The minimum Gasteiger partial charge on any atom is -0.358 e. The van der Waals surface area contributed by atoms with Gasteiger partial charge in [-0.05, 0) is 20.5 Å². The molecule has 0 spiro atoms. The number of nitrogens with one attached hydrogen (secondary N) is 1. The zero-order chi connectivity index (χ0) is 8.15. The number of likely N-dealkylation sites (N-methyl/N-ethyl adjacent to an activating group) is 2. The normalized spacial score (nSPS) is 13.3. The molecule has 1 atom stereocenters. The number of hydrogen-bond donors (Lipinski definition) is 1. The lowest BCUT2D eigenvalue weighted by molar-refractivity contribution is -0.125. The van der Waals surface area contributed by atoms with Crippen LogP contribution >= 0.6 is 0 Å². The van der Waals surface area contributed by atoms with E-state index in [2.05, 4.69) is 5.32 Å². The van der Waals surface area contributed by atoms with Crippen molar-refractivity contribution < 1.29 is 4.79 Å². The standard InChI is InChI=1S/C7H16N2O/c1-5-6(9(3)4)7(10)8-2/h6H,5H2,1-4H3,(H,8,10)/t6-/m0/s1. The minimum absolute atomic E-state index is 0.0185. The minimum atomic E-state index is 0.0185. The first-order chi connectivity index (χ1) is 4.63. The maximum atomic E-state index is 11.0. The zero-order valence-corrected chi connectivity index (χ0v) is 7.14. The monoisotopic (exact) mass is 144 g/mol. The summed E-state index contributed by atoms with van der Waals surface area (Å²) in [5.41, 5.74) is 0. The molecule has 0 saturated carbocycles. The SMILES string of the molecule is CC[C@@H](C(=O)NC)N(C)C. The van der Waals surface area contributed by atoms with Crippen molar-refractivity contribution in [2.75, 3.05) is 21.1 Å². The average molecular weight is 144 g/mol. The maximum absolute atomic E-state index is 11.0. The second-order valence-electron chi connectivity index (χ2n) is 2.50. The Morgan fingerprint density at radius 1 is 1.60 bits per heavy atom. The molecule has 0 bridgehead atoms. The first-order valence-corrected chi connectivity index (χ1v) is 3.51. The summed E-state index contributed by atoms with van der Waals surface area (Å²) in [5, 5.41) is 2.62. The van der Waals surface area contributed by atoms with Crippen molar-refractivity contribution in [2.24, 2.45) is 0 Å². The van der Waals surface area contributed by atoms with Crippen molar-refractivity contribution in [2.45, 2.75) is 19.4 Å². The van der Waals surface area contributed by atoms with Gasteiger partial charge in [-0.2, -0.15) is 0 Å². The summed E-state index contributed by atoms with van der Waals surface area (Å²) in [6.45, 7) is 2.00. The molecule has 1 amide bonds. The quantitative estimate of drug-likeness (QED) is 0.608. The van der Waals surface area contributed by atoms with Crippen molar-refractivity contribution in [3.8, 4) is 0 Å². The van der Waals surface area contributed by atoms with Gasteiger partial charge in [-0.3, -0.25) is 9.69 Å². The van der Waals surface area contributed by atoms with E-state index in [1.165, 1.54) is 0 Å². The largest absolute Gasteiger partial charge is 0.358 e. The van der Waals surface area contributed by atoms with Gasteiger partial charge in [0.15, 0.2) is 0 Å². The summed E-state index contributed by atoms with van der Waals surface area (Å²) in [5.74, 6) is 0.0903. The van der Waals surface area contributed by atoms with Gasteiger partial charge < -0.3 is 5.32 Å². The third-order valence-corrected chi connectivity index (χ3v) is 1.56. The topological polar surface area (TPSA) is 32.3 Å². The third kappa shape index (κ3) is 2.35. The van der Waals surface area contributed by atoms with Crippen molar-refractivity contribution in [1.29, 1.82) is 0 Å². The van der Waals surface area contributed by atoms with E-state index in [4.69, 9.17) is 0 Å². The Balaban J connectivity index is 3.93. The summed E-state index contributed by atoms with van der Waals surface area (Å²) < 4.78 is 0. The highest BCUT2D eigenvalue weighted by molar-refractivity contribution is 5.81. The molecule has 0 aliphatic carbocycles. The van der Waals surface area contributed by atoms with Gasteiger partial charge >= 0.3 is 0 Å². The van der Waals surface area contributed by atoms with Crippen molar-refractivity contribution in [3.63, 3.8) is 0 Å². The molecule has 0 aromatic rings. The molecule has 3 heteroatoms. The molecule has 1 N–H and O–H groups in total. The lowest BCUT2D eigenvalue weighted by atomic mass is 10.2. The summed E-state index contributed by atoms with van der Waals surface area (Å²) in [6.07, 6.45) is 0.854. The average Bonchev–Trinajstić information content (AvgIpc) is 1.88. The smallest absolute Gasteiger partial charge is 0.237 e. The number of rotatable bonds is 3. The van der Waals surface area contributed by atoms with Crippen LogP contribution in [0.5, 0.6) is 0 Å². The Morgan fingerprint density at radius 2 is 2.10 bits per heavy atom. The fraction of sp³-hybridized carbons (Fsp3) is 0.857. The van der Waals surface area contributed by atoms with Crippen LogP contribution in [0.4, 0.5) is 0 Å². The van der Waals surface area contributed by atoms with Gasteiger partial charge in [0.1, 0.15) is 0 Å². The highest BCUT2D eigenvalue weighted by atomic mass is 16.2. The molecule has 3 nitrogen and oxygen atoms in total. The first-order valence-electron chi connectivity index (χ1n) is 3.51.